The van der Waals surface area contributed by atoms with Crippen molar-refractivity contribution in [3.63, 3.8) is 0 Å². The maximum atomic E-state index is 12.4. The highest BCUT2D eigenvalue weighted by Gasteiger charge is 2.18. The Balaban J connectivity index is 1.59. The molecule has 0 aliphatic rings. The summed E-state index contributed by atoms with van der Waals surface area (Å²) in [5.74, 6) is -0.562. The predicted octanol–water partition coefficient (Wildman–Crippen LogP) is 2.70. The number of rotatable bonds is 9. The second kappa shape index (κ2) is 10.2. The lowest BCUT2D eigenvalue weighted by Gasteiger charge is -2.19. The van der Waals surface area contributed by atoms with Gasteiger partial charge in [-0.3, -0.25) is 4.79 Å². The number of quaternary nitrogens is 1. The Morgan fingerprint density at radius 2 is 1.14 bits per heavy atom. The summed E-state index contributed by atoms with van der Waals surface area (Å²) in [4.78, 5) is 25.6. The zero-order valence-corrected chi connectivity index (χ0v) is 15.7. The van der Waals surface area contributed by atoms with E-state index in [1.807, 2.05) is 42.5 Å². The normalized spacial score (nSPS) is 10.6. The van der Waals surface area contributed by atoms with Crippen LogP contribution in [0.15, 0.2) is 91.0 Å². The molecule has 0 aromatic heterocycles. The number of ketones is 1. The first-order valence-electron chi connectivity index (χ1n) is 9.36. The van der Waals surface area contributed by atoms with E-state index >= 15 is 0 Å². The highest BCUT2D eigenvalue weighted by Crippen LogP contribution is 2.01. The molecule has 0 atom stereocenters. The number of Topliss-reactive ketones (excluding diaryl/α,β-unsaturated/α-hetero) is 1. The molecule has 0 fully saturated rings. The molecule has 0 aliphatic carbocycles. The first-order chi connectivity index (χ1) is 13.7. The van der Waals surface area contributed by atoms with Gasteiger partial charge < -0.3 is 9.64 Å². The Morgan fingerprint density at radius 1 is 0.679 bits per heavy atom. The van der Waals surface area contributed by atoms with Crippen LogP contribution in [0.5, 0.6) is 0 Å². The van der Waals surface area contributed by atoms with Crippen molar-refractivity contribution >= 4 is 11.8 Å². The molecule has 1 N–H and O–H groups in total. The van der Waals surface area contributed by atoms with Crippen LogP contribution in [0.3, 0.4) is 0 Å². The molecule has 0 bridgehead atoms. The van der Waals surface area contributed by atoms with E-state index in [1.54, 1.807) is 24.3 Å². The van der Waals surface area contributed by atoms with Gasteiger partial charge in [-0.15, -0.1) is 0 Å². The number of nitrogens with one attached hydrogen (secondary N) is 1. The smallest absolute Gasteiger partial charge is 0.362 e. The Hall–Kier alpha value is -3.24. The van der Waals surface area contributed by atoms with Gasteiger partial charge in [0.05, 0.1) is 0 Å². The average Bonchev–Trinajstić information content (AvgIpc) is 2.74. The number of carbonyl (C=O) groups is 2. The average molecular weight is 374 g/mol. The summed E-state index contributed by atoms with van der Waals surface area (Å²) >= 11 is 0. The lowest BCUT2D eigenvalue weighted by molar-refractivity contribution is -0.920. The lowest BCUT2D eigenvalue weighted by atomic mass is 10.1. The summed E-state index contributed by atoms with van der Waals surface area (Å²) in [6.45, 7) is 1.38. The van der Waals surface area contributed by atoms with Gasteiger partial charge in [0.15, 0.2) is 18.9 Å². The number of esters is 1. The molecule has 4 heteroatoms. The summed E-state index contributed by atoms with van der Waals surface area (Å²) in [5.41, 5.74) is 2.86. The number of hydrogen-bond acceptors (Lipinski definition) is 3. The molecule has 0 saturated heterocycles. The van der Waals surface area contributed by atoms with Gasteiger partial charge in [-0.1, -0.05) is 91.0 Å². The minimum Gasteiger partial charge on any atom is -0.453 e. The van der Waals surface area contributed by atoms with Gasteiger partial charge in [0.2, 0.25) is 0 Å². The molecule has 0 aliphatic heterocycles. The van der Waals surface area contributed by atoms with Crippen LogP contribution in [-0.4, -0.2) is 24.9 Å². The Kier molecular flexibility index (Phi) is 7.10. The number of ether oxygens (including phenoxy) is 1. The van der Waals surface area contributed by atoms with Crippen LogP contribution in [-0.2, 0) is 22.6 Å². The van der Waals surface area contributed by atoms with Crippen molar-refractivity contribution in [1.29, 1.82) is 0 Å². The predicted molar refractivity (Wildman–Crippen MR) is 108 cm³/mol. The highest BCUT2D eigenvalue weighted by atomic mass is 16.5. The number of benzene rings is 3. The number of hydrogen-bond donors (Lipinski definition) is 1. The van der Waals surface area contributed by atoms with Crippen molar-refractivity contribution in [3.8, 4) is 0 Å². The van der Waals surface area contributed by atoms with Crippen molar-refractivity contribution in [2.24, 2.45) is 0 Å². The van der Waals surface area contributed by atoms with E-state index in [1.165, 1.54) is 0 Å². The van der Waals surface area contributed by atoms with E-state index in [0.717, 1.165) is 16.0 Å². The quantitative estimate of drug-likeness (QED) is 0.463. The summed E-state index contributed by atoms with van der Waals surface area (Å²) in [5, 5.41) is 0. The molecule has 3 aromatic rings. The first-order valence-corrected chi connectivity index (χ1v) is 9.36. The number of carbonyl (C=O) groups excluding carboxylic acids is 2. The van der Waals surface area contributed by atoms with Gasteiger partial charge in [-0.25, -0.2) is 4.79 Å². The SMILES string of the molecule is O=C(C[NH+](Cc1ccccc1)Cc1ccccc1)OCC(=O)c1ccccc1. The Labute approximate surface area is 165 Å². The molecular formula is C24H24NO3+. The van der Waals surface area contributed by atoms with E-state index in [2.05, 4.69) is 24.3 Å². The minimum atomic E-state index is -0.369. The molecule has 0 amide bonds. The maximum Gasteiger partial charge on any atom is 0.362 e. The van der Waals surface area contributed by atoms with E-state index < -0.39 is 0 Å². The van der Waals surface area contributed by atoms with Crippen LogP contribution >= 0.6 is 0 Å². The molecule has 0 saturated carbocycles. The van der Waals surface area contributed by atoms with Crippen LogP contribution in [0.2, 0.25) is 0 Å². The largest absolute Gasteiger partial charge is 0.453 e. The minimum absolute atomic E-state index is 0.193. The molecule has 3 rings (SSSR count). The molecule has 28 heavy (non-hydrogen) atoms. The molecule has 0 heterocycles. The molecule has 0 spiro atoms. The van der Waals surface area contributed by atoms with Gasteiger partial charge >= 0.3 is 5.97 Å². The summed E-state index contributed by atoms with van der Waals surface area (Å²) in [6, 6.07) is 29.0. The Morgan fingerprint density at radius 3 is 1.64 bits per heavy atom. The topological polar surface area (TPSA) is 47.8 Å². The Bertz CT molecular complexity index is 838. The van der Waals surface area contributed by atoms with Crippen LogP contribution < -0.4 is 4.90 Å². The third-order valence-corrected chi connectivity index (χ3v) is 4.45. The van der Waals surface area contributed by atoms with Gasteiger partial charge in [0.25, 0.3) is 0 Å². The molecule has 4 nitrogen and oxygen atoms in total. The van der Waals surface area contributed by atoms with Crippen LogP contribution in [0.25, 0.3) is 0 Å². The summed E-state index contributed by atoms with van der Waals surface area (Å²) < 4.78 is 5.25. The van der Waals surface area contributed by atoms with E-state index in [9.17, 15) is 9.59 Å². The van der Waals surface area contributed by atoms with E-state index in [4.69, 9.17) is 4.74 Å². The lowest BCUT2D eigenvalue weighted by Crippen LogP contribution is -3.10. The van der Waals surface area contributed by atoms with Crippen molar-refractivity contribution in [1.82, 2.24) is 0 Å². The molecule has 142 valence electrons. The van der Waals surface area contributed by atoms with Crippen LogP contribution in [0, 0.1) is 0 Å². The zero-order valence-electron chi connectivity index (χ0n) is 15.7. The second-order valence-electron chi connectivity index (χ2n) is 6.70. The third kappa shape index (κ3) is 6.18. The third-order valence-electron chi connectivity index (χ3n) is 4.45. The molecule has 3 aromatic carbocycles. The van der Waals surface area contributed by atoms with Crippen molar-refractivity contribution in [3.05, 3.63) is 108 Å². The molecular weight excluding hydrogens is 350 g/mol. The standard InChI is InChI=1S/C24H23NO3/c26-23(22-14-8-3-9-15-22)19-28-24(27)18-25(16-20-10-4-1-5-11-20)17-21-12-6-2-7-13-21/h1-15H,16-19H2/p+1. The van der Waals surface area contributed by atoms with Gasteiger partial charge in [0.1, 0.15) is 13.1 Å². The van der Waals surface area contributed by atoms with Crippen LogP contribution in [0.4, 0.5) is 0 Å². The van der Waals surface area contributed by atoms with E-state index in [-0.39, 0.29) is 24.9 Å². The monoisotopic (exact) mass is 374 g/mol. The fourth-order valence-electron chi connectivity index (χ4n) is 3.07. The fourth-order valence-corrected chi connectivity index (χ4v) is 3.07. The van der Waals surface area contributed by atoms with Gasteiger partial charge in [-0.05, 0) is 0 Å². The van der Waals surface area contributed by atoms with Gasteiger partial charge in [0, 0.05) is 16.7 Å². The van der Waals surface area contributed by atoms with Crippen molar-refractivity contribution < 1.29 is 19.2 Å². The maximum absolute atomic E-state index is 12.4. The fraction of sp³-hybridized carbons (Fsp3) is 0.167. The molecule has 0 unspecified atom stereocenters. The van der Waals surface area contributed by atoms with Crippen LogP contribution in [0.1, 0.15) is 21.5 Å². The first kappa shape index (κ1) is 19.5. The van der Waals surface area contributed by atoms with Crippen molar-refractivity contribution in [2.45, 2.75) is 13.1 Å². The van der Waals surface area contributed by atoms with Gasteiger partial charge in [-0.2, -0.15) is 0 Å². The second-order valence-corrected chi connectivity index (χ2v) is 6.70. The zero-order chi connectivity index (χ0) is 19.6. The molecule has 0 radical (unpaired) electrons. The van der Waals surface area contributed by atoms with E-state index in [0.29, 0.717) is 18.7 Å². The van der Waals surface area contributed by atoms with Crippen molar-refractivity contribution in [2.75, 3.05) is 13.2 Å². The highest BCUT2D eigenvalue weighted by molar-refractivity contribution is 5.97. The summed E-state index contributed by atoms with van der Waals surface area (Å²) in [7, 11) is 0. The summed E-state index contributed by atoms with van der Waals surface area (Å²) in [6.07, 6.45) is 0.